The van der Waals surface area contributed by atoms with E-state index in [-0.39, 0.29) is 0 Å². The SMILES string of the molecule is C[C@@H](OP(=O)(O)O)[C@H]1O[C@@H](n2ccc3c(N)ncnc32)[C@]2(C)OC(C)(C)O[C@H]12. The molecule has 154 valence electrons. The van der Waals surface area contributed by atoms with Crippen molar-refractivity contribution in [3.63, 3.8) is 0 Å². The number of rotatable bonds is 4. The van der Waals surface area contributed by atoms with Gasteiger partial charge in [-0.05, 0) is 33.8 Å². The Morgan fingerprint density at radius 3 is 2.75 bits per heavy atom. The number of nitrogens with zero attached hydrogens (tertiary/aromatic N) is 3. The average molecular weight is 414 g/mol. The van der Waals surface area contributed by atoms with Crippen LogP contribution in [0.2, 0.25) is 0 Å². The van der Waals surface area contributed by atoms with Crippen LogP contribution < -0.4 is 5.73 Å². The number of anilines is 1. The number of hydrogen-bond acceptors (Lipinski definition) is 8. The molecule has 0 radical (unpaired) electrons. The number of phosphoric ester groups is 1. The molecule has 11 nitrogen and oxygen atoms in total. The standard InChI is InChI=1S/C16H23N4O7P/c1-8(26-28(21,22)23)10-11-16(4,27-15(2,3)25-11)14(24-10)20-6-5-9-12(17)18-7-19-13(9)20/h5-8,10-11,14H,1-4H3,(H2,17,18,19)(H2,21,22,23)/t8-,10-,11-,14-,16-/m1/s1. The van der Waals surface area contributed by atoms with E-state index in [2.05, 4.69) is 9.97 Å². The summed E-state index contributed by atoms with van der Waals surface area (Å²) in [5.41, 5.74) is 5.51. The molecular formula is C16H23N4O7P. The van der Waals surface area contributed by atoms with Crippen LogP contribution in [0.5, 0.6) is 0 Å². The van der Waals surface area contributed by atoms with Gasteiger partial charge in [-0.25, -0.2) is 14.5 Å². The van der Waals surface area contributed by atoms with Gasteiger partial charge in [0, 0.05) is 6.20 Å². The lowest BCUT2D eigenvalue weighted by Crippen LogP contribution is -2.43. The molecule has 2 aromatic heterocycles. The molecule has 2 aliphatic rings. The van der Waals surface area contributed by atoms with E-state index in [1.807, 2.05) is 6.92 Å². The molecule has 2 saturated heterocycles. The Balaban J connectivity index is 1.77. The summed E-state index contributed by atoms with van der Waals surface area (Å²) in [5.74, 6) is -0.583. The molecule has 0 aliphatic carbocycles. The first-order valence-corrected chi connectivity index (χ1v) is 10.3. The number of fused-ring (bicyclic) bond motifs is 2. The van der Waals surface area contributed by atoms with Crippen LogP contribution >= 0.6 is 7.82 Å². The average Bonchev–Trinajstić information content (AvgIpc) is 3.13. The molecule has 2 fully saturated rings. The van der Waals surface area contributed by atoms with Crippen LogP contribution in [0.15, 0.2) is 18.6 Å². The minimum Gasteiger partial charge on any atom is -0.383 e. The molecule has 4 rings (SSSR count). The van der Waals surface area contributed by atoms with E-state index in [1.54, 1.807) is 30.7 Å². The molecule has 0 saturated carbocycles. The topological polar surface area (TPSA) is 151 Å². The molecule has 2 aliphatic heterocycles. The first-order valence-electron chi connectivity index (χ1n) is 8.76. The zero-order valence-electron chi connectivity index (χ0n) is 15.8. The Bertz CT molecular complexity index is 960. The van der Waals surface area contributed by atoms with Crippen LogP contribution in [-0.4, -0.2) is 54.0 Å². The zero-order chi connectivity index (χ0) is 20.5. The van der Waals surface area contributed by atoms with Crippen molar-refractivity contribution in [2.24, 2.45) is 0 Å². The second-order valence-corrected chi connectivity index (χ2v) is 8.89. The highest BCUT2D eigenvalue weighted by atomic mass is 31.2. The van der Waals surface area contributed by atoms with Gasteiger partial charge in [0.1, 0.15) is 35.6 Å². The first kappa shape index (κ1) is 19.7. The number of ether oxygens (including phenoxy) is 3. The van der Waals surface area contributed by atoms with Crippen molar-refractivity contribution in [3.05, 3.63) is 18.6 Å². The van der Waals surface area contributed by atoms with Crippen LogP contribution in [-0.2, 0) is 23.3 Å². The molecule has 0 unspecified atom stereocenters. The Morgan fingerprint density at radius 1 is 1.36 bits per heavy atom. The first-order chi connectivity index (χ1) is 12.9. The largest absolute Gasteiger partial charge is 0.469 e. The second kappa shape index (κ2) is 6.20. The minimum atomic E-state index is -4.71. The third kappa shape index (κ3) is 3.13. The molecule has 0 spiro atoms. The summed E-state index contributed by atoms with van der Waals surface area (Å²) in [6, 6.07) is 1.77. The van der Waals surface area contributed by atoms with Crippen LogP contribution in [0.25, 0.3) is 11.0 Å². The summed E-state index contributed by atoms with van der Waals surface area (Å²) in [6.07, 6.45) is 0.0456. The zero-order valence-corrected chi connectivity index (χ0v) is 16.7. The Hall–Kier alpha value is -1.59. The number of hydrogen-bond donors (Lipinski definition) is 3. The molecule has 0 aromatic carbocycles. The lowest BCUT2D eigenvalue weighted by atomic mass is 9.94. The Kier molecular flexibility index (Phi) is 4.37. The molecule has 28 heavy (non-hydrogen) atoms. The molecule has 4 N–H and O–H groups in total. The van der Waals surface area contributed by atoms with Gasteiger partial charge in [-0.2, -0.15) is 0 Å². The van der Waals surface area contributed by atoms with Crippen molar-refractivity contribution in [1.82, 2.24) is 14.5 Å². The van der Waals surface area contributed by atoms with Crippen LogP contribution in [0, 0.1) is 0 Å². The monoisotopic (exact) mass is 414 g/mol. The van der Waals surface area contributed by atoms with Crippen molar-refractivity contribution < 1.29 is 33.1 Å². The van der Waals surface area contributed by atoms with E-state index in [4.69, 9.17) is 24.5 Å². The van der Waals surface area contributed by atoms with E-state index >= 15 is 0 Å². The van der Waals surface area contributed by atoms with Gasteiger partial charge < -0.3 is 34.3 Å². The molecule has 5 atom stereocenters. The summed E-state index contributed by atoms with van der Waals surface area (Å²) in [6.45, 7) is 6.90. The third-order valence-electron chi connectivity index (χ3n) is 5.08. The van der Waals surface area contributed by atoms with Crippen LogP contribution in [0.4, 0.5) is 5.82 Å². The summed E-state index contributed by atoms with van der Waals surface area (Å²) in [5, 5.41) is 0.660. The molecular weight excluding hydrogens is 391 g/mol. The highest BCUT2D eigenvalue weighted by Crippen LogP contribution is 2.53. The van der Waals surface area contributed by atoms with Crippen LogP contribution in [0.1, 0.15) is 33.9 Å². The number of nitrogens with two attached hydrogens (primary N) is 1. The quantitative estimate of drug-likeness (QED) is 0.625. The molecule has 2 aromatic rings. The van der Waals surface area contributed by atoms with Gasteiger partial charge >= 0.3 is 7.82 Å². The van der Waals surface area contributed by atoms with Gasteiger partial charge in [0.2, 0.25) is 0 Å². The van der Waals surface area contributed by atoms with Gasteiger partial charge in [0.25, 0.3) is 0 Å². The van der Waals surface area contributed by atoms with Crippen molar-refractivity contribution in [2.75, 3.05) is 5.73 Å². The molecule has 12 heteroatoms. The van der Waals surface area contributed by atoms with Gasteiger partial charge in [0.05, 0.1) is 11.5 Å². The maximum atomic E-state index is 11.3. The fourth-order valence-electron chi connectivity index (χ4n) is 4.13. The number of nitrogen functional groups attached to an aromatic ring is 1. The minimum absolute atomic E-state index is 0.335. The normalized spacial score (nSPS) is 33.3. The van der Waals surface area contributed by atoms with E-state index in [9.17, 15) is 14.4 Å². The van der Waals surface area contributed by atoms with Crippen molar-refractivity contribution in [2.45, 2.75) is 63.6 Å². The molecule has 0 amide bonds. The predicted octanol–water partition coefficient (Wildman–Crippen LogP) is 1.32. The molecule has 0 bridgehead atoms. The number of phosphoric acid groups is 1. The van der Waals surface area contributed by atoms with Crippen molar-refractivity contribution >= 4 is 24.7 Å². The molecule has 4 heterocycles. The highest BCUT2D eigenvalue weighted by molar-refractivity contribution is 7.46. The van der Waals surface area contributed by atoms with Gasteiger partial charge in [0.15, 0.2) is 12.0 Å². The summed E-state index contributed by atoms with van der Waals surface area (Å²) in [7, 11) is -4.71. The van der Waals surface area contributed by atoms with E-state index in [0.29, 0.717) is 16.9 Å². The van der Waals surface area contributed by atoms with Crippen molar-refractivity contribution in [1.29, 1.82) is 0 Å². The van der Waals surface area contributed by atoms with E-state index < -0.39 is 43.8 Å². The maximum absolute atomic E-state index is 11.3. The summed E-state index contributed by atoms with van der Waals surface area (Å²) >= 11 is 0. The third-order valence-corrected chi connectivity index (χ3v) is 5.68. The van der Waals surface area contributed by atoms with Gasteiger partial charge in [-0.1, -0.05) is 0 Å². The number of aromatic nitrogens is 3. The predicted molar refractivity (Wildman–Crippen MR) is 96.9 cm³/mol. The van der Waals surface area contributed by atoms with Crippen LogP contribution in [0.3, 0.4) is 0 Å². The fourth-order valence-corrected chi connectivity index (χ4v) is 4.68. The summed E-state index contributed by atoms with van der Waals surface area (Å²) in [4.78, 5) is 26.7. The van der Waals surface area contributed by atoms with Gasteiger partial charge in [-0.3, -0.25) is 4.52 Å². The smallest absolute Gasteiger partial charge is 0.383 e. The fraction of sp³-hybridized carbons (Fsp3) is 0.625. The van der Waals surface area contributed by atoms with Gasteiger partial charge in [-0.15, -0.1) is 0 Å². The van der Waals surface area contributed by atoms with E-state index in [1.165, 1.54) is 13.3 Å². The highest BCUT2D eigenvalue weighted by Gasteiger charge is 2.65. The maximum Gasteiger partial charge on any atom is 0.469 e. The Labute approximate surface area is 161 Å². The second-order valence-electron chi connectivity index (χ2n) is 7.70. The lowest BCUT2D eigenvalue weighted by molar-refractivity contribution is -0.221. The van der Waals surface area contributed by atoms with Crippen molar-refractivity contribution in [3.8, 4) is 0 Å². The summed E-state index contributed by atoms with van der Waals surface area (Å²) < 4.78 is 36.4. The lowest BCUT2D eigenvalue weighted by Gasteiger charge is -2.30. The van der Waals surface area contributed by atoms with E-state index in [0.717, 1.165) is 0 Å². The Morgan fingerprint density at radius 2 is 2.07 bits per heavy atom.